The molecule has 106 valence electrons. The van der Waals surface area contributed by atoms with Crippen LogP contribution in [-0.4, -0.2) is 21.3 Å². The van der Waals surface area contributed by atoms with E-state index in [-0.39, 0.29) is 10.6 Å². The molecule has 20 heavy (non-hydrogen) atoms. The Bertz CT molecular complexity index is 612. The summed E-state index contributed by atoms with van der Waals surface area (Å²) in [5.74, 6) is 0. The van der Waals surface area contributed by atoms with Gasteiger partial charge in [0.2, 0.25) is 0 Å². The summed E-state index contributed by atoms with van der Waals surface area (Å²) in [4.78, 5) is 15.9. The topological polar surface area (TPSA) is 59.8 Å². The molecule has 0 atom stereocenters. The first-order valence-electron chi connectivity index (χ1n) is 6.60. The molecule has 0 aromatic carbocycles. The minimum absolute atomic E-state index is 0.197. The molecule has 0 aliphatic rings. The summed E-state index contributed by atoms with van der Waals surface area (Å²) in [5.41, 5.74) is 1.51. The molecule has 2 aromatic rings. The lowest BCUT2D eigenvalue weighted by Gasteiger charge is -2.09. The molecule has 1 N–H and O–H groups in total. The van der Waals surface area contributed by atoms with E-state index in [4.69, 9.17) is 11.6 Å². The largest absolute Gasteiger partial charge is 0.382 e. The van der Waals surface area contributed by atoms with E-state index in [1.165, 1.54) is 10.2 Å². The third-order valence-electron chi connectivity index (χ3n) is 2.90. The fourth-order valence-electron chi connectivity index (χ4n) is 1.85. The Balaban J connectivity index is 2.00. The zero-order valence-electron chi connectivity index (χ0n) is 11.3. The van der Waals surface area contributed by atoms with Crippen molar-refractivity contribution in [3.63, 3.8) is 0 Å². The van der Waals surface area contributed by atoms with Crippen LogP contribution in [0.3, 0.4) is 0 Å². The number of pyridine rings is 1. The van der Waals surface area contributed by atoms with Crippen LogP contribution in [0.25, 0.3) is 0 Å². The first kappa shape index (κ1) is 14.5. The number of hydrogen-bond donors (Lipinski definition) is 1. The standard InChI is InChI=1S/C14H17ClN4O/c1-2-9-19-14(20)13(15)12(10-18-19)17-8-5-11-3-6-16-7-4-11/h3-4,6-7,10,17H,2,5,8-9H2,1H3. The average molecular weight is 293 g/mol. The van der Waals surface area contributed by atoms with E-state index >= 15 is 0 Å². The van der Waals surface area contributed by atoms with Crippen molar-refractivity contribution in [2.45, 2.75) is 26.3 Å². The summed E-state index contributed by atoms with van der Waals surface area (Å²) < 4.78 is 1.39. The van der Waals surface area contributed by atoms with Crippen molar-refractivity contribution in [3.05, 3.63) is 51.7 Å². The Kier molecular flexibility index (Phi) is 5.12. The maximum absolute atomic E-state index is 11.9. The van der Waals surface area contributed by atoms with Crippen LogP contribution in [0.4, 0.5) is 5.69 Å². The molecule has 0 bridgehead atoms. The van der Waals surface area contributed by atoms with Crippen LogP contribution in [0.15, 0.2) is 35.5 Å². The normalized spacial score (nSPS) is 10.5. The van der Waals surface area contributed by atoms with E-state index in [9.17, 15) is 4.79 Å². The second-order valence-electron chi connectivity index (χ2n) is 4.43. The van der Waals surface area contributed by atoms with E-state index in [1.54, 1.807) is 18.6 Å². The fourth-order valence-corrected chi connectivity index (χ4v) is 2.06. The maximum Gasteiger partial charge on any atom is 0.287 e. The highest BCUT2D eigenvalue weighted by Crippen LogP contribution is 2.15. The Morgan fingerprint density at radius 2 is 2.10 bits per heavy atom. The Labute approximate surface area is 122 Å². The van der Waals surface area contributed by atoms with Gasteiger partial charge >= 0.3 is 0 Å². The van der Waals surface area contributed by atoms with Gasteiger partial charge in [-0.2, -0.15) is 5.10 Å². The summed E-state index contributed by atoms with van der Waals surface area (Å²) in [6.07, 6.45) is 6.80. The van der Waals surface area contributed by atoms with Crippen molar-refractivity contribution in [1.29, 1.82) is 0 Å². The molecule has 0 saturated carbocycles. The van der Waals surface area contributed by atoms with Crippen LogP contribution in [0.1, 0.15) is 18.9 Å². The zero-order valence-corrected chi connectivity index (χ0v) is 12.1. The van der Waals surface area contributed by atoms with Crippen LogP contribution >= 0.6 is 11.6 Å². The molecular weight excluding hydrogens is 276 g/mol. The first-order valence-corrected chi connectivity index (χ1v) is 6.98. The van der Waals surface area contributed by atoms with Crippen LogP contribution in [0.5, 0.6) is 0 Å². The van der Waals surface area contributed by atoms with Crippen molar-refractivity contribution >= 4 is 17.3 Å². The number of aryl methyl sites for hydroxylation is 1. The SMILES string of the molecule is CCCn1ncc(NCCc2ccncc2)c(Cl)c1=O. The van der Waals surface area contributed by atoms with Gasteiger partial charge in [-0.25, -0.2) is 4.68 Å². The highest BCUT2D eigenvalue weighted by molar-refractivity contribution is 6.32. The molecule has 2 rings (SSSR count). The number of nitrogens with zero attached hydrogens (tertiary/aromatic N) is 3. The summed E-state index contributed by atoms with van der Waals surface area (Å²) in [5, 5.41) is 7.44. The fraction of sp³-hybridized carbons (Fsp3) is 0.357. The van der Waals surface area contributed by atoms with Gasteiger partial charge in [-0.15, -0.1) is 0 Å². The summed E-state index contributed by atoms with van der Waals surface area (Å²) >= 11 is 6.07. The molecule has 2 heterocycles. The number of hydrogen-bond acceptors (Lipinski definition) is 4. The van der Waals surface area contributed by atoms with Gasteiger partial charge in [0.1, 0.15) is 5.02 Å². The van der Waals surface area contributed by atoms with E-state index in [0.717, 1.165) is 12.8 Å². The van der Waals surface area contributed by atoms with E-state index in [0.29, 0.717) is 18.8 Å². The molecule has 5 nitrogen and oxygen atoms in total. The highest BCUT2D eigenvalue weighted by Gasteiger charge is 2.08. The minimum atomic E-state index is -0.248. The molecule has 0 aliphatic heterocycles. The van der Waals surface area contributed by atoms with Crippen LogP contribution in [-0.2, 0) is 13.0 Å². The van der Waals surface area contributed by atoms with Crippen molar-refractivity contribution in [3.8, 4) is 0 Å². The Hall–Kier alpha value is -1.88. The van der Waals surface area contributed by atoms with Gasteiger partial charge in [-0.3, -0.25) is 9.78 Å². The Morgan fingerprint density at radius 3 is 2.80 bits per heavy atom. The molecule has 2 aromatic heterocycles. The third kappa shape index (κ3) is 3.57. The van der Waals surface area contributed by atoms with Gasteiger partial charge < -0.3 is 5.32 Å². The highest BCUT2D eigenvalue weighted by atomic mass is 35.5. The predicted octanol–water partition coefficient (Wildman–Crippen LogP) is 2.36. The van der Waals surface area contributed by atoms with E-state index in [2.05, 4.69) is 15.4 Å². The predicted molar refractivity (Wildman–Crippen MR) is 80.2 cm³/mol. The quantitative estimate of drug-likeness (QED) is 0.888. The molecule has 0 fully saturated rings. The van der Waals surface area contributed by atoms with E-state index in [1.807, 2.05) is 19.1 Å². The van der Waals surface area contributed by atoms with Crippen molar-refractivity contribution in [2.75, 3.05) is 11.9 Å². The summed E-state index contributed by atoms with van der Waals surface area (Å²) in [6.45, 7) is 3.25. The molecule has 0 spiro atoms. The van der Waals surface area contributed by atoms with Crippen molar-refractivity contribution in [1.82, 2.24) is 14.8 Å². The number of anilines is 1. The number of halogens is 1. The lowest BCUT2D eigenvalue weighted by Crippen LogP contribution is -2.24. The van der Waals surface area contributed by atoms with Gasteiger partial charge in [0.15, 0.2) is 0 Å². The lowest BCUT2D eigenvalue weighted by atomic mass is 10.2. The van der Waals surface area contributed by atoms with Gasteiger partial charge in [0, 0.05) is 25.5 Å². The molecule has 0 saturated heterocycles. The van der Waals surface area contributed by atoms with E-state index < -0.39 is 0 Å². The summed E-state index contributed by atoms with van der Waals surface area (Å²) in [6, 6.07) is 3.92. The van der Waals surface area contributed by atoms with Crippen LogP contribution in [0.2, 0.25) is 5.02 Å². The minimum Gasteiger partial charge on any atom is -0.382 e. The smallest absolute Gasteiger partial charge is 0.287 e. The number of nitrogens with one attached hydrogen (secondary N) is 1. The second-order valence-corrected chi connectivity index (χ2v) is 4.81. The average Bonchev–Trinajstić information content (AvgIpc) is 2.48. The summed E-state index contributed by atoms with van der Waals surface area (Å²) in [7, 11) is 0. The van der Waals surface area contributed by atoms with Gasteiger partial charge in [-0.1, -0.05) is 18.5 Å². The van der Waals surface area contributed by atoms with Crippen LogP contribution < -0.4 is 10.9 Å². The number of aromatic nitrogens is 3. The van der Waals surface area contributed by atoms with Crippen LogP contribution in [0, 0.1) is 0 Å². The Morgan fingerprint density at radius 1 is 1.35 bits per heavy atom. The molecular formula is C14H17ClN4O. The van der Waals surface area contributed by atoms with Crippen molar-refractivity contribution in [2.24, 2.45) is 0 Å². The zero-order chi connectivity index (χ0) is 14.4. The van der Waals surface area contributed by atoms with Gasteiger partial charge in [-0.05, 0) is 30.5 Å². The van der Waals surface area contributed by atoms with Crippen molar-refractivity contribution < 1.29 is 0 Å². The van der Waals surface area contributed by atoms with Gasteiger partial charge in [0.25, 0.3) is 5.56 Å². The van der Waals surface area contributed by atoms with Gasteiger partial charge in [0.05, 0.1) is 11.9 Å². The number of rotatable bonds is 6. The molecule has 6 heteroatoms. The first-order chi connectivity index (χ1) is 9.72. The molecule has 0 radical (unpaired) electrons. The second kappa shape index (κ2) is 7.05. The third-order valence-corrected chi connectivity index (χ3v) is 3.26. The maximum atomic E-state index is 11.9. The molecule has 0 aliphatic carbocycles. The molecule has 0 amide bonds. The monoisotopic (exact) mass is 292 g/mol. The lowest BCUT2D eigenvalue weighted by molar-refractivity contribution is 0.568. The molecule has 0 unspecified atom stereocenters.